The van der Waals surface area contributed by atoms with Gasteiger partial charge in [-0.05, 0) is 42.5 Å². The normalized spacial score (nSPS) is 14.7. The van der Waals surface area contributed by atoms with Crippen molar-refractivity contribution in [3.05, 3.63) is 51.8 Å². The molecule has 8 heteroatoms. The highest BCUT2D eigenvalue weighted by Gasteiger charge is 2.23. The lowest BCUT2D eigenvalue weighted by Crippen LogP contribution is -2.40. The molecule has 32 heavy (non-hydrogen) atoms. The van der Waals surface area contributed by atoms with E-state index in [2.05, 4.69) is 24.3 Å². The molecule has 0 bridgehead atoms. The van der Waals surface area contributed by atoms with Crippen molar-refractivity contribution in [2.24, 2.45) is 5.92 Å². The van der Waals surface area contributed by atoms with Gasteiger partial charge >= 0.3 is 5.69 Å². The van der Waals surface area contributed by atoms with Crippen LogP contribution in [0.3, 0.4) is 0 Å². The summed E-state index contributed by atoms with van der Waals surface area (Å²) in [5, 5.41) is 7.60. The van der Waals surface area contributed by atoms with Crippen molar-refractivity contribution < 1.29 is 4.79 Å². The second-order valence-corrected chi connectivity index (χ2v) is 9.74. The van der Waals surface area contributed by atoms with E-state index in [1.54, 1.807) is 4.57 Å². The third-order valence-electron chi connectivity index (χ3n) is 6.00. The molecule has 0 spiro atoms. The van der Waals surface area contributed by atoms with Crippen LogP contribution in [-0.4, -0.2) is 43.1 Å². The van der Waals surface area contributed by atoms with Gasteiger partial charge in [-0.15, -0.1) is 16.4 Å². The molecule has 1 aliphatic rings. The molecule has 1 fully saturated rings. The van der Waals surface area contributed by atoms with Crippen molar-refractivity contribution in [1.29, 1.82) is 0 Å². The molecule has 0 saturated carbocycles. The van der Waals surface area contributed by atoms with Crippen LogP contribution in [0.1, 0.15) is 38.7 Å². The molecule has 0 atom stereocenters. The Morgan fingerprint density at radius 3 is 2.59 bits per heavy atom. The van der Waals surface area contributed by atoms with Gasteiger partial charge in [0.05, 0.1) is 5.39 Å². The van der Waals surface area contributed by atoms with Crippen LogP contribution in [0.25, 0.3) is 27.3 Å². The van der Waals surface area contributed by atoms with Gasteiger partial charge < -0.3 is 4.90 Å². The lowest BCUT2D eigenvalue weighted by molar-refractivity contribution is -0.132. The molecule has 0 radical (unpaired) electrons. The fourth-order valence-corrected chi connectivity index (χ4v) is 5.52. The van der Waals surface area contributed by atoms with E-state index < -0.39 is 0 Å². The van der Waals surface area contributed by atoms with Crippen LogP contribution >= 0.6 is 11.3 Å². The van der Waals surface area contributed by atoms with Gasteiger partial charge in [-0.2, -0.15) is 4.52 Å². The van der Waals surface area contributed by atoms with Gasteiger partial charge in [-0.25, -0.2) is 9.78 Å². The molecule has 0 N–H and O–H groups in total. The van der Waals surface area contributed by atoms with Gasteiger partial charge in [-0.3, -0.25) is 9.36 Å². The second kappa shape index (κ2) is 8.50. The summed E-state index contributed by atoms with van der Waals surface area (Å²) in [5.74, 6) is 0.972. The van der Waals surface area contributed by atoms with E-state index in [0.29, 0.717) is 17.4 Å². The highest BCUT2D eigenvalue weighted by Crippen LogP contribution is 2.31. The third kappa shape index (κ3) is 3.72. The number of carbonyl (C=O) groups is 1. The summed E-state index contributed by atoms with van der Waals surface area (Å²) in [6.07, 6.45) is 4.08. The van der Waals surface area contributed by atoms with E-state index in [9.17, 15) is 9.59 Å². The Labute approximate surface area is 190 Å². The minimum absolute atomic E-state index is 0.00495. The number of amides is 1. The molecule has 1 amide bonds. The predicted octanol–water partition coefficient (Wildman–Crippen LogP) is 3.98. The van der Waals surface area contributed by atoms with E-state index in [1.807, 2.05) is 35.2 Å². The molecular formula is C24H27N5O2S. The number of thiophene rings is 1. The first kappa shape index (κ1) is 20.9. The molecule has 5 rings (SSSR count). The Balaban J connectivity index is 1.69. The summed E-state index contributed by atoms with van der Waals surface area (Å²) in [4.78, 5) is 34.0. The number of nitrogens with zero attached hydrogens (tertiary/aromatic N) is 5. The topological polar surface area (TPSA) is 72.5 Å². The molecule has 1 aliphatic heterocycles. The largest absolute Gasteiger partial charge is 0.352 e. The SMILES string of the molecule is CC(C)Cc1csc2c1c1nc(-c3ccccc3)nn1c(=O)n2CC(=O)N1CCCCC1. The first-order chi connectivity index (χ1) is 15.5. The lowest BCUT2D eigenvalue weighted by atomic mass is 10.0. The van der Waals surface area contributed by atoms with Gasteiger partial charge in [0.25, 0.3) is 0 Å². The second-order valence-electron chi connectivity index (χ2n) is 8.89. The molecule has 1 saturated heterocycles. The van der Waals surface area contributed by atoms with E-state index in [4.69, 9.17) is 4.98 Å². The van der Waals surface area contributed by atoms with Gasteiger partial charge in [0.2, 0.25) is 5.91 Å². The average molecular weight is 450 g/mol. The highest BCUT2D eigenvalue weighted by molar-refractivity contribution is 7.17. The number of benzene rings is 1. The average Bonchev–Trinajstić information content (AvgIpc) is 3.42. The summed E-state index contributed by atoms with van der Waals surface area (Å²) >= 11 is 1.52. The minimum Gasteiger partial charge on any atom is -0.341 e. The molecular weight excluding hydrogens is 422 g/mol. The number of likely N-dealkylation sites (tertiary alicyclic amines) is 1. The van der Waals surface area contributed by atoms with Crippen LogP contribution in [-0.2, 0) is 17.8 Å². The molecule has 4 aromatic rings. The fourth-order valence-electron chi connectivity index (χ4n) is 4.45. The lowest BCUT2D eigenvalue weighted by Gasteiger charge is -2.27. The number of aromatic nitrogens is 4. The quantitative estimate of drug-likeness (QED) is 0.462. The zero-order chi connectivity index (χ0) is 22.2. The van der Waals surface area contributed by atoms with Crippen molar-refractivity contribution >= 4 is 33.1 Å². The minimum atomic E-state index is -0.314. The summed E-state index contributed by atoms with van der Waals surface area (Å²) in [6.45, 7) is 5.92. The zero-order valence-corrected chi connectivity index (χ0v) is 19.3. The maximum Gasteiger partial charge on any atom is 0.352 e. The number of carbonyl (C=O) groups excluding carboxylic acids is 1. The van der Waals surface area contributed by atoms with Crippen molar-refractivity contribution in [2.45, 2.75) is 46.1 Å². The number of hydrogen-bond acceptors (Lipinski definition) is 5. The first-order valence-corrected chi connectivity index (χ1v) is 12.1. The van der Waals surface area contributed by atoms with Crippen molar-refractivity contribution in [1.82, 2.24) is 24.1 Å². The standard InChI is InChI=1S/C24H27N5O2S/c1-16(2)13-18-15-32-23-20(18)22-25-21(17-9-5-3-6-10-17)26-29(22)24(31)28(23)14-19(30)27-11-7-4-8-12-27/h3,5-6,9-10,15-16H,4,7-8,11-14H2,1-2H3. The maximum atomic E-state index is 13.5. The Hall–Kier alpha value is -3.00. The smallest absolute Gasteiger partial charge is 0.341 e. The molecule has 166 valence electrons. The third-order valence-corrected chi connectivity index (χ3v) is 7.05. The molecule has 3 aromatic heterocycles. The molecule has 0 aliphatic carbocycles. The summed E-state index contributed by atoms with van der Waals surface area (Å²) in [6, 6.07) is 9.68. The molecule has 4 heterocycles. The van der Waals surface area contributed by atoms with Crippen LogP contribution in [0, 0.1) is 5.92 Å². The van der Waals surface area contributed by atoms with Gasteiger partial charge in [0, 0.05) is 18.7 Å². The van der Waals surface area contributed by atoms with Crippen molar-refractivity contribution in [3.63, 3.8) is 0 Å². The number of fused-ring (bicyclic) bond motifs is 3. The molecule has 7 nitrogen and oxygen atoms in total. The summed E-state index contributed by atoms with van der Waals surface area (Å²) in [5.41, 5.74) is 2.27. The van der Waals surface area contributed by atoms with Gasteiger partial charge in [-0.1, -0.05) is 44.2 Å². The van der Waals surface area contributed by atoms with Gasteiger partial charge in [0.1, 0.15) is 11.4 Å². The summed E-state index contributed by atoms with van der Waals surface area (Å²) < 4.78 is 2.97. The van der Waals surface area contributed by atoms with Crippen LogP contribution < -0.4 is 5.69 Å². The van der Waals surface area contributed by atoms with Crippen LogP contribution in [0.2, 0.25) is 0 Å². The fraction of sp³-hybridized carbons (Fsp3) is 0.417. The van der Waals surface area contributed by atoms with Crippen LogP contribution in [0.5, 0.6) is 0 Å². The predicted molar refractivity (Wildman–Crippen MR) is 127 cm³/mol. The van der Waals surface area contributed by atoms with E-state index in [0.717, 1.165) is 60.1 Å². The molecule has 1 aromatic carbocycles. The monoisotopic (exact) mass is 449 g/mol. The van der Waals surface area contributed by atoms with Crippen LogP contribution in [0.4, 0.5) is 0 Å². The van der Waals surface area contributed by atoms with E-state index in [1.165, 1.54) is 15.9 Å². The van der Waals surface area contributed by atoms with Crippen molar-refractivity contribution in [2.75, 3.05) is 13.1 Å². The molecule has 0 unspecified atom stereocenters. The number of hydrogen-bond donors (Lipinski definition) is 0. The van der Waals surface area contributed by atoms with E-state index >= 15 is 0 Å². The number of piperidine rings is 1. The first-order valence-electron chi connectivity index (χ1n) is 11.3. The summed E-state index contributed by atoms with van der Waals surface area (Å²) in [7, 11) is 0. The Morgan fingerprint density at radius 2 is 1.88 bits per heavy atom. The highest BCUT2D eigenvalue weighted by atomic mass is 32.1. The Kier molecular flexibility index (Phi) is 5.55. The zero-order valence-electron chi connectivity index (χ0n) is 18.5. The maximum absolute atomic E-state index is 13.5. The number of rotatable bonds is 5. The van der Waals surface area contributed by atoms with E-state index in [-0.39, 0.29) is 18.1 Å². The Bertz CT molecular complexity index is 1330. The Morgan fingerprint density at radius 1 is 1.12 bits per heavy atom. The van der Waals surface area contributed by atoms with Gasteiger partial charge in [0.15, 0.2) is 11.5 Å². The van der Waals surface area contributed by atoms with Crippen molar-refractivity contribution in [3.8, 4) is 11.4 Å². The van der Waals surface area contributed by atoms with Crippen LogP contribution in [0.15, 0.2) is 40.5 Å².